The van der Waals surface area contributed by atoms with Crippen molar-refractivity contribution in [1.29, 1.82) is 0 Å². The molecule has 0 radical (unpaired) electrons. The molecule has 0 fully saturated rings. The molecular formula is C14H10ClNO4. The van der Waals surface area contributed by atoms with E-state index in [1.165, 1.54) is 12.1 Å². The fraction of sp³-hybridized carbons (Fsp3) is 0.0714. The summed E-state index contributed by atoms with van der Waals surface area (Å²) in [7, 11) is 0. The first kappa shape index (κ1) is 14.0. The lowest BCUT2D eigenvalue weighted by Crippen LogP contribution is -1.98. The van der Waals surface area contributed by atoms with Gasteiger partial charge in [-0.15, -0.1) is 0 Å². The van der Waals surface area contributed by atoms with Crippen LogP contribution in [0.5, 0.6) is 5.75 Å². The molecule has 0 heterocycles. The Bertz CT molecular complexity index is 657. The molecule has 2 aromatic rings. The molecule has 0 atom stereocenters. The van der Waals surface area contributed by atoms with Gasteiger partial charge in [0.2, 0.25) is 0 Å². The fourth-order valence-corrected chi connectivity index (χ4v) is 1.83. The zero-order valence-corrected chi connectivity index (χ0v) is 11.0. The number of nitrogens with zero attached hydrogens (tertiary/aromatic N) is 1. The van der Waals surface area contributed by atoms with Crippen molar-refractivity contribution in [3.05, 3.63) is 68.7 Å². The number of halogens is 1. The first-order valence-electron chi connectivity index (χ1n) is 5.71. The Morgan fingerprint density at radius 2 is 2.05 bits per heavy atom. The number of hydrogen-bond donors (Lipinski definition) is 0. The molecule has 0 aromatic heterocycles. The van der Waals surface area contributed by atoms with Crippen LogP contribution in [-0.2, 0) is 6.61 Å². The third kappa shape index (κ3) is 3.33. The summed E-state index contributed by atoms with van der Waals surface area (Å²) in [5, 5.41) is 10.9. The molecule has 0 spiro atoms. The summed E-state index contributed by atoms with van der Waals surface area (Å²) in [6.45, 7) is 0.166. The number of nitro groups is 1. The third-order valence-corrected chi connectivity index (χ3v) is 2.99. The molecule has 0 saturated heterocycles. The van der Waals surface area contributed by atoms with Crippen LogP contribution in [0.3, 0.4) is 0 Å². The van der Waals surface area contributed by atoms with Crippen molar-refractivity contribution in [2.24, 2.45) is 0 Å². The normalized spacial score (nSPS) is 10.1. The largest absolute Gasteiger partial charge is 0.489 e. The van der Waals surface area contributed by atoms with Gasteiger partial charge < -0.3 is 4.74 Å². The monoisotopic (exact) mass is 291 g/mol. The zero-order chi connectivity index (χ0) is 14.5. The molecule has 0 N–H and O–H groups in total. The van der Waals surface area contributed by atoms with E-state index >= 15 is 0 Å². The van der Waals surface area contributed by atoms with Crippen molar-refractivity contribution < 1.29 is 14.5 Å². The molecule has 0 aliphatic rings. The van der Waals surface area contributed by atoms with Crippen molar-refractivity contribution in [3.63, 3.8) is 0 Å². The number of ether oxygens (including phenoxy) is 1. The number of non-ortho nitro benzene ring substituents is 1. The van der Waals surface area contributed by atoms with Crippen molar-refractivity contribution >= 4 is 23.6 Å². The van der Waals surface area contributed by atoms with Crippen LogP contribution in [0.25, 0.3) is 0 Å². The minimum atomic E-state index is -0.510. The lowest BCUT2D eigenvalue weighted by molar-refractivity contribution is -0.384. The van der Waals surface area contributed by atoms with Crippen LogP contribution >= 0.6 is 11.6 Å². The highest BCUT2D eigenvalue weighted by molar-refractivity contribution is 6.31. The average Bonchev–Trinajstić information content (AvgIpc) is 2.46. The molecule has 0 aliphatic heterocycles. The van der Waals surface area contributed by atoms with Gasteiger partial charge in [-0.2, -0.15) is 0 Å². The Hall–Kier alpha value is -2.40. The predicted octanol–water partition coefficient (Wildman–Crippen LogP) is 3.64. The smallest absolute Gasteiger partial charge is 0.270 e. The van der Waals surface area contributed by atoms with Gasteiger partial charge in [-0.05, 0) is 18.2 Å². The highest BCUT2D eigenvalue weighted by atomic mass is 35.5. The van der Waals surface area contributed by atoms with Crippen LogP contribution < -0.4 is 4.74 Å². The van der Waals surface area contributed by atoms with Crippen LogP contribution in [0.2, 0.25) is 5.02 Å². The summed E-state index contributed by atoms with van der Waals surface area (Å²) >= 11 is 5.96. The molecule has 2 rings (SSSR count). The summed E-state index contributed by atoms with van der Waals surface area (Å²) < 4.78 is 5.50. The predicted molar refractivity (Wildman–Crippen MR) is 74.3 cm³/mol. The van der Waals surface area contributed by atoms with Gasteiger partial charge in [0.1, 0.15) is 18.6 Å². The topological polar surface area (TPSA) is 69.4 Å². The maximum absolute atomic E-state index is 10.6. The first-order valence-corrected chi connectivity index (χ1v) is 6.09. The summed E-state index contributed by atoms with van der Waals surface area (Å²) in [6.07, 6.45) is 0.728. The minimum absolute atomic E-state index is 0.0679. The van der Waals surface area contributed by atoms with E-state index in [1.807, 2.05) is 0 Å². The first-order chi connectivity index (χ1) is 9.60. The molecule has 0 amide bonds. The van der Waals surface area contributed by atoms with Gasteiger partial charge >= 0.3 is 0 Å². The van der Waals surface area contributed by atoms with Gasteiger partial charge in [0.05, 0.1) is 9.95 Å². The van der Waals surface area contributed by atoms with Gasteiger partial charge in [0, 0.05) is 23.3 Å². The van der Waals surface area contributed by atoms with Crippen LogP contribution in [0.1, 0.15) is 15.9 Å². The molecule has 6 heteroatoms. The second kappa shape index (κ2) is 6.16. The Kier molecular flexibility index (Phi) is 4.32. The number of rotatable bonds is 5. The molecule has 2 aromatic carbocycles. The van der Waals surface area contributed by atoms with E-state index < -0.39 is 4.92 Å². The lowest BCUT2D eigenvalue weighted by Gasteiger charge is -2.08. The lowest BCUT2D eigenvalue weighted by atomic mass is 10.2. The van der Waals surface area contributed by atoms with E-state index in [0.717, 1.165) is 6.29 Å². The third-order valence-electron chi connectivity index (χ3n) is 2.64. The Labute approximate surface area is 119 Å². The van der Waals surface area contributed by atoms with Gasteiger partial charge in [0.15, 0.2) is 0 Å². The zero-order valence-electron chi connectivity index (χ0n) is 10.3. The number of hydrogen-bond acceptors (Lipinski definition) is 4. The molecule has 0 unspecified atom stereocenters. The highest BCUT2D eigenvalue weighted by Crippen LogP contribution is 2.24. The van der Waals surface area contributed by atoms with E-state index in [2.05, 4.69) is 0 Å². The molecule has 0 bridgehead atoms. The Morgan fingerprint density at radius 3 is 2.70 bits per heavy atom. The summed E-state index contributed by atoms with van der Waals surface area (Å²) in [4.78, 5) is 20.7. The molecule has 0 aliphatic carbocycles. The van der Waals surface area contributed by atoms with Crippen LogP contribution in [-0.4, -0.2) is 11.2 Å². The van der Waals surface area contributed by atoms with Gasteiger partial charge in [-0.25, -0.2) is 0 Å². The van der Waals surface area contributed by atoms with Crippen molar-refractivity contribution in [3.8, 4) is 5.75 Å². The quantitative estimate of drug-likeness (QED) is 0.479. The average molecular weight is 292 g/mol. The second-order valence-corrected chi connectivity index (χ2v) is 4.42. The van der Waals surface area contributed by atoms with Crippen LogP contribution in [0, 0.1) is 10.1 Å². The molecular weight excluding hydrogens is 282 g/mol. The number of benzene rings is 2. The summed E-state index contributed by atoms with van der Waals surface area (Å²) in [6, 6.07) is 10.9. The molecule has 0 saturated carbocycles. The van der Waals surface area contributed by atoms with E-state index in [4.69, 9.17) is 16.3 Å². The van der Waals surface area contributed by atoms with Crippen LogP contribution in [0.15, 0.2) is 42.5 Å². The van der Waals surface area contributed by atoms with Crippen molar-refractivity contribution in [1.82, 2.24) is 0 Å². The van der Waals surface area contributed by atoms with Crippen LogP contribution in [0.4, 0.5) is 5.69 Å². The number of nitro benzene ring substituents is 1. The molecule has 5 nitrogen and oxygen atoms in total. The molecule has 20 heavy (non-hydrogen) atoms. The minimum Gasteiger partial charge on any atom is -0.489 e. The maximum atomic E-state index is 10.6. The van der Waals surface area contributed by atoms with Gasteiger partial charge in [0.25, 0.3) is 5.69 Å². The van der Waals surface area contributed by atoms with E-state index in [9.17, 15) is 14.9 Å². The van der Waals surface area contributed by atoms with E-state index in [0.29, 0.717) is 16.9 Å². The Morgan fingerprint density at radius 1 is 1.25 bits per heavy atom. The number of carbonyl (C=O) groups is 1. The van der Waals surface area contributed by atoms with Gasteiger partial charge in [-0.1, -0.05) is 23.7 Å². The van der Waals surface area contributed by atoms with Gasteiger partial charge in [-0.3, -0.25) is 14.9 Å². The number of aldehydes is 1. The van der Waals surface area contributed by atoms with Crippen molar-refractivity contribution in [2.45, 2.75) is 6.61 Å². The SMILES string of the molecule is O=Cc1cccc(OCc2ccc([N+](=O)[O-])cc2Cl)c1. The molecule has 102 valence electrons. The summed E-state index contributed by atoms with van der Waals surface area (Å²) in [5.41, 5.74) is 1.08. The summed E-state index contributed by atoms with van der Waals surface area (Å²) in [5.74, 6) is 0.531. The standard InChI is InChI=1S/C14H10ClNO4/c15-14-7-12(16(18)19)5-4-11(14)9-20-13-3-1-2-10(6-13)8-17/h1-8H,9H2. The number of carbonyl (C=O) groups excluding carboxylic acids is 1. The fourth-order valence-electron chi connectivity index (χ4n) is 1.61. The maximum Gasteiger partial charge on any atom is 0.270 e. The Balaban J connectivity index is 2.10. The highest BCUT2D eigenvalue weighted by Gasteiger charge is 2.09. The van der Waals surface area contributed by atoms with E-state index in [1.54, 1.807) is 30.3 Å². The second-order valence-electron chi connectivity index (χ2n) is 4.01. The van der Waals surface area contributed by atoms with Crippen molar-refractivity contribution in [2.75, 3.05) is 0 Å². The van der Waals surface area contributed by atoms with E-state index in [-0.39, 0.29) is 17.3 Å².